The highest BCUT2D eigenvalue weighted by Crippen LogP contribution is 2.27. The van der Waals surface area contributed by atoms with Gasteiger partial charge in [-0.3, -0.25) is 4.90 Å². The fraction of sp³-hybridized carbons (Fsp3) is 0.364. The van der Waals surface area contributed by atoms with Gasteiger partial charge in [-0.15, -0.1) is 0 Å². The van der Waals surface area contributed by atoms with Crippen LogP contribution in [-0.4, -0.2) is 48.2 Å². The largest absolute Gasteiger partial charge is 0.497 e. The lowest BCUT2D eigenvalue weighted by atomic mass is 10.0. The van der Waals surface area contributed by atoms with Crippen molar-refractivity contribution < 1.29 is 4.74 Å². The Balaban J connectivity index is 1.42. The van der Waals surface area contributed by atoms with E-state index in [0.717, 1.165) is 60.5 Å². The number of halogens is 1. The molecule has 3 heterocycles. The number of nitrogens with zero attached hydrogens (tertiary/aromatic N) is 4. The van der Waals surface area contributed by atoms with Crippen molar-refractivity contribution in [3.05, 3.63) is 59.4 Å². The molecule has 0 saturated carbocycles. The molecule has 4 rings (SSSR count). The molecule has 0 spiro atoms. The van der Waals surface area contributed by atoms with E-state index in [4.69, 9.17) is 16.3 Å². The monoisotopic (exact) mass is 396 g/mol. The van der Waals surface area contributed by atoms with Gasteiger partial charge in [-0.05, 0) is 50.2 Å². The Bertz CT molecular complexity index is 942. The Morgan fingerprint density at radius 3 is 2.71 bits per heavy atom. The van der Waals surface area contributed by atoms with E-state index in [1.165, 1.54) is 0 Å². The van der Waals surface area contributed by atoms with Crippen molar-refractivity contribution in [3.8, 4) is 5.75 Å². The standard InChI is InChI=1S/C22H25ClN4O/c1-26(18-8-11-27(12-9-18)21-5-3-4-10-24-21)15-17-13-16-6-7-19(28-2)14-20(16)25-22(17)23/h3-7,10,13-14,18H,8-9,11-12,15H2,1-2H3. The second-order valence-electron chi connectivity index (χ2n) is 7.32. The van der Waals surface area contributed by atoms with Gasteiger partial charge in [0, 0.05) is 48.9 Å². The topological polar surface area (TPSA) is 41.5 Å². The van der Waals surface area contributed by atoms with E-state index in [0.29, 0.717) is 11.2 Å². The molecule has 3 aromatic rings. The lowest BCUT2D eigenvalue weighted by molar-refractivity contribution is 0.200. The highest BCUT2D eigenvalue weighted by molar-refractivity contribution is 6.30. The predicted molar refractivity (Wildman–Crippen MR) is 114 cm³/mol. The van der Waals surface area contributed by atoms with Crippen molar-refractivity contribution in [2.24, 2.45) is 0 Å². The third-order valence-electron chi connectivity index (χ3n) is 5.53. The summed E-state index contributed by atoms with van der Waals surface area (Å²) < 4.78 is 5.28. The van der Waals surface area contributed by atoms with Crippen LogP contribution in [-0.2, 0) is 6.54 Å². The molecule has 1 aliphatic heterocycles. The average molecular weight is 397 g/mol. The molecular weight excluding hydrogens is 372 g/mol. The van der Waals surface area contributed by atoms with Gasteiger partial charge in [0.05, 0.1) is 12.6 Å². The molecule has 0 amide bonds. The van der Waals surface area contributed by atoms with Crippen LogP contribution in [0.4, 0.5) is 5.82 Å². The molecule has 1 aliphatic rings. The molecular formula is C22H25ClN4O. The van der Waals surface area contributed by atoms with Gasteiger partial charge in [0.2, 0.25) is 0 Å². The zero-order chi connectivity index (χ0) is 19.5. The van der Waals surface area contributed by atoms with Crippen molar-refractivity contribution in [1.82, 2.24) is 14.9 Å². The highest BCUT2D eigenvalue weighted by atomic mass is 35.5. The van der Waals surface area contributed by atoms with Gasteiger partial charge in [0.25, 0.3) is 0 Å². The smallest absolute Gasteiger partial charge is 0.134 e. The van der Waals surface area contributed by atoms with Crippen LogP contribution in [0.15, 0.2) is 48.7 Å². The molecule has 2 aromatic heterocycles. The van der Waals surface area contributed by atoms with Gasteiger partial charge in [-0.25, -0.2) is 9.97 Å². The minimum absolute atomic E-state index is 0.530. The number of methoxy groups -OCH3 is 1. The highest BCUT2D eigenvalue weighted by Gasteiger charge is 2.23. The number of ether oxygens (including phenoxy) is 1. The molecule has 0 unspecified atom stereocenters. The van der Waals surface area contributed by atoms with Gasteiger partial charge in [-0.1, -0.05) is 17.7 Å². The predicted octanol–water partition coefficient (Wildman–Crippen LogP) is 4.39. The van der Waals surface area contributed by atoms with Crippen LogP contribution < -0.4 is 9.64 Å². The molecule has 28 heavy (non-hydrogen) atoms. The molecule has 146 valence electrons. The summed E-state index contributed by atoms with van der Waals surface area (Å²) in [6, 6.07) is 14.7. The maximum atomic E-state index is 6.49. The van der Waals surface area contributed by atoms with Crippen LogP contribution in [0.3, 0.4) is 0 Å². The molecule has 0 atom stereocenters. The first-order valence-corrected chi connectivity index (χ1v) is 10.0. The van der Waals surface area contributed by atoms with Crippen molar-refractivity contribution >= 4 is 28.3 Å². The quantitative estimate of drug-likeness (QED) is 0.598. The number of rotatable bonds is 5. The van der Waals surface area contributed by atoms with Crippen LogP contribution in [0.25, 0.3) is 10.9 Å². The first-order valence-electron chi connectivity index (χ1n) is 9.63. The Kier molecular flexibility index (Phi) is 5.64. The van der Waals surface area contributed by atoms with Crippen LogP contribution in [0.2, 0.25) is 5.15 Å². The summed E-state index contributed by atoms with van der Waals surface area (Å²) in [5, 5.41) is 1.65. The second-order valence-corrected chi connectivity index (χ2v) is 7.68. The summed E-state index contributed by atoms with van der Waals surface area (Å²) in [5.41, 5.74) is 1.92. The first kappa shape index (κ1) is 19.0. The maximum Gasteiger partial charge on any atom is 0.134 e. The van der Waals surface area contributed by atoms with E-state index in [1.54, 1.807) is 7.11 Å². The van der Waals surface area contributed by atoms with Gasteiger partial charge < -0.3 is 9.64 Å². The van der Waals surface area contributed by atoms with E-state index in [2.05, 4.69) is 38.9 Å². The average Bonchev–Trinajstić information content (AvgIpc) is 2.74. The van der Waals surface area contributed by atoms with E-state index in [1.807, 2.05) is 36.5 Å². The number of fused-ring (bicyclic) bond motifs is 1. The van der Waals surface area contributed by atoms with Crippen molar-refractivity contribution in [1.29, 1.82) is 0 Å². The number of aromatic nitrogens is 2. The molecule has 0 radical (unpaired) electrons. The summed E-state index contributed by atoms with van der Waals surface area (Å²) in [7, 11) is 3.83. The second kappa shape index (κ2) is 8.33. The SMILES string of the molecule is COc1ccc2cc(CN(C)C3CCN(c4ccccn4)CC3)c(Cl)nc2c1. The van der Waals surface area contributed by atoms with Crippen molar-refractivity contribution in [3.63, 3.8) is 0 Å². The first-order chi connectivity index (χ1) is 13.6. The number of hydrogen-bond acceptors (Lipinski definition) is 5. The summed E-state index contributed by atoms with van der Waals surface area (Å²) in [6.45, 7) is 2.84. The van der Waals surface area contributed by atoms with Crippen LogP contribution in [0.5, 0.6) is 5.75 Å². The van der Waals surface area contributed by atoms with Gasteiger partial charge in [0.15, 0.2) is 0 Å². The van der Waals surface area contributed by atoms with Crippen LogP contribution in [0, 0.1) is 0 Å². The fourth-order valence-corrected chi connectivity index (χ4v) is 4.08. The van der Waals surface area contributed by atoms with E-state index >= 15 is 0 Å². The van der Waals surface area contributed by atoms with E-state index in [-0.39, 0.29) is 0 Å². The van der Waals surface area contributed by atoms with Gasteiger partial charge in [0.1, 0.15) is 16.7 Å². The van der Waals surface area contributed by atoms with Crippen molar-refractivity contribution in [2.45, 2.75) is 25.4 Å². The Labute approximate surface area is 170 Å². The zero-order valence-corrected chi connectivity index (χ0v) is 17.1. The molecule has 0 aliphatic carbocycles. The van der Waals surface area contributed by atoms with Crippen molar-refractivity contribution in [2.75, 3.05) is 32.1 Å². The summed E-state index contributed by atoms with van der Waals surface area (Å²) in [5.74, 6) is 1.86. The molecule has 0 bridgehead atoms. The van der Waals surface area contributed by atoms with Crippen LogP contribution >= 0.6 is 11.6 Å². The molecule has 1 saturated heterocycles. The molecule has 1 fully saturated rings. The number of piperidine rings is 1. The third-order valence-corrected chi connectivity index (χ3v) is 5.86. The normalized spacial score (nSPS) is 15.4. The number of pyridine rings is 2. The minimum Gasteiger partial charge on any atom is -0.497 e. The Morgan fingerprint density at radius 2 is 2.00 bits per heavy atom. The third kappa shape index (κ3) is 4.05. The van der Waals surface area contributed by atoms with E-state index in [9.17, 15) is 0 Å². The minimum atomic E-state index is 0.530. The van der Waals surface area contributed by atoms with E-state index < -0.39 is 0 Å². The lowest BCUT2D eigenvalue weighted by Crippen LogP contribution is -2.43. The summed E-state index contributed by atoms with van der Waals surface area (Å²) in [6.07, 6.45) is 4.09. The molecule has 6 heteroatoms. The Morgan fingerprint density at radius 1 is 1.18 bits per heavy atom. The summed E-state index contributed by atoms with van der Waals surface area (Å²) in [4.78, 5) is 13.8. The zero-order valence-electron chi connectivity index (χ0n) is 16.3. The van der Waals surface area contributed by atoms with Crippen LogP contribution in [0.1, 0.15) is 18.4 Å². The van der Waals surface area contributed by atoms with Gasteiger partial charge >= 0.3 is 0 Å². The summed E-state index contributed by atoms with van der Waals surface area (Å²) >= 11 is 6.49. The fourth-order valence-electron chi connectivity index (χ4n) is 3.88. The maximum absolute atomic E-state index is 6.49. The number of anilines is 1. The number of benzene rings is 1. The Hall–Kier alpha value is -2.37. The molecule has 1 aromatic carbocycles. The molecule has 0 N–H and O–H groups in total. The lowest BCUT2D eigenvalue weighted by Gasteiger charge is -2.37. The molecule has 5 nitrogen and oxygen atoms in total. The number of hydrogen-bond donors (Lipinski definition) is 0. The van der Waals surface area contributed by atoms with Gasteiger partial charge in [-0.2, -0.15) is 0 Å².